The van der Waals surface area contributed by atoms with Gasteiger partial charge in [0.05, 0.1) is 6.10 Å². The van der Waals surface area contributed by atoms with Crippen molar-refractivity contribution in [3.05, 3.63) is 29.8 Å². The molecular weight excluding hydrogens is 228 g/mol. The number of rotatable bonds is 2. The van der Waals surface area contributed by atoms with Gasteiger partial charge in [-0.2, -0.15) is 0 Å². The van der Waals surface area contributed by atoms with Gasteiger partial charge in [-0.15, -0.1) is 0 Å². The number of aliphatic hydroxyl groups excluding tert-OH is 1. The Morgan fingerprint density at radius 2 is 2.11 bits per heavy atom. The molecule has 3 N–H and O–H groups in total. The third kappa shape index (κ3) is 3.47. The summed E-state index contributed by atoms with van der Waals surface area (Å²) >= 11 is 0. The van der Waals surface area contributed by atoms with Gasteiger partial charge in [0.2, 0.25) is 0 Å². The molecule has 4 heteroatoms. The van der Waals surface area contributed by atoms with Gasteiger partial charge >= 0.3 is 6.03 Å². The number of nitrogens with one attached hydrogen (secondary N) is 2. The number of hydrogen-bond acceptors (Lipinski definition) is 2. The first kappa shape index (κ1) is 12.9. The van der Waals surface area contributed by atoms with Crippen molar-refractivity contribution in [3.63, 3.8) is 0 Å². The van der Waals surface area contributed by atoms with Crippen LogP contribution in [-0.2, 0) is 0 Å². The minimum Gasteiger partial charge on any atom is -0.393 e. The highest BCUT2D eigenvalue weighted by Crippen LogP contribution is 2.19. The second-order valence-corrected chi connectivity index (χ2v) is 4.93. The minimum atomic E-state index is -0.275. The van der Waals surface area contributed by atoms with Crippen LogP contribution >= 0.6 is 0 Å². The monoisotopic (exact) mass is 248 g/mol. The highest BCUT2D eigenvalue weighted by molar-refractivity contribution is 5.90. The molecule has 1 aliphatic carbocycles. The van der Waals surface area contributed by atoms with Crippen LogP contribution in [0.25, 0.3) is 0 Å². The fourth-order valence-electron chi connectivity index (χ4n) is 2.35. The molecule has 0 saturated heterocycles. The third-order valence-electron chi connectivity index (χ3n) is 3.38. The average molecular weight is 248 g/mol. The third-order valence-corrected chi connectivity index (χ3v) is 3.38. The van der Waals surface area contributed by atoms with Gasteiger partial charge in [-0.3, -0.25) is 0 Å². The number of carbonyl (C=O) groups is 1. The SMILES string of the molecule is Cc1ccccc1NC(=O)N[C@H]1CCC[C@@H](O)C1. The quantitative estimate of drug-likeness (QED) is 0.752. The Balaban J connectivity index is 1.87. The number of amides is 2. The van der Waals surface area contributed by atoms with E-state index in [4.69, 9.17) is 0 Å². The smallest absolute Gasteiger partial charge is 0.319 e. The van der Waals surface area contributed by atoms with Crippen LogP contribution in [0.3, 0.4) is 0 Å². The van der Waals surface area contributed by atoms with E-state index in [0.717, 1.165) is 30.5 Å². The summed E-state index contributed by atoms with van der Waals surface area (Å²) in [6.45, 7) is 1.96. The number of carbonyl (C=O) groups excluding carboxylic acids is 1. The van der Waals surface area contributed by atoms with Crippen molar-refractivity contribution in [2.45, 2.75) is 44.8 Å². The summed E-state index contributed by atoms with van der Waals surface area (Å²) in [6.07, 6.45) is 3.13. The van der Waals surface area contributed by atoms with Gasteiger partial charge in [0, 0.05) is 11.7 Å². The second-order valence-electron chi connectivity index (χ2n) is 4.93. The topological polar surface area (TPSA) is 61.4 Å². The van der Waals surface area contributed by atoms with E-state index in [1.54, 1.807) is 0 Å². The summed E-state index contributed by atoms with van der Waals surface area (Å²) < 4.78 is 0. The molecular formula is C14H20N2O2. The molecule has 1 fully saturated rings. The van der Waals surface area contributed by atoms with Crippen molar-refractivity contribution >= 4 is 11.7 Å². The lowest BCUT2D eigenvalue weighted by Gasteiger charge is -2.26. The van der Waals surface area contributed by atoms with Crippen LogP contribution < -0.4 is 10.6 Å². The van der Waals surface area contributed by atoms with E-state index in [1.165, 1.54) is 0 Å². The molecule has 4 nitrogen and oxygen atoms in total. The highest BCUT2D eigenvalue weighted by atomic mass is 16.3. The lowest BCUT2D eigenvalue weighted by Crippen LogP contribution is -2.41. The highest BCUT2D eigenvalue weighted by Gasteiger charge is 2.21. The lowest BCUT2D eigenvalue weighted by molar-refractivity contribution is 0.114. The van der Waals surface area contributed by atoms with E-state index in [-0.39, 0.29) is 18.2 Å². The Hall–Kier alpha value is -1.55. The molecule has 1 aromatic carbocycles. The zero-order valence-corrected chi connectivity index (χ0v) is 10.6. The summed E-state index contributed by atoms with van der Waals surface area (Å²) in [4.78, 5) is 11.8. The summed E-state index contributed by atoms with van der Waals surface area (Å²) in [5.41, 5.74) is 1.86. The van der Waals surface area contributed by atoms with Crippen LogP contribution in [0.5, 0.6) is 0 Å². The fourth-order valence-corrected chi connectivity index (χ4v) is 2.35. The Kier molecular flexibility index (Phi) is 4.20. The lowest BCUT2D eigenvalue weighted by atomic mass is 9.93. The van der Waals surface area contributed by atoms with Gasteiger partial charge in [-0.05, 0) is 44.2 Å². The summed E-state index contributed by atoms with van der Waals surface area (Å²) in [7, 11) is 0. The molecule has 0 heterocycles. The molecule has 0 radical (unpaired) electrons. The molecule has 1 aromatic rings. The number of aliphatic hydroxyl groups is 1. The first-order valence-electron chi connectivity index (χ1n) is 6.46. The standard InChI is InChI=1S/C14H20N2O2/c1-10-5-2-3-8-13(10)16-14(18)15-11-6-4-7-12(17)9-11/h2-3,5,8,11-12,17H,4,6-7,9H2,1H3,(H2,15,16,18)/t11-,12+/m0/s1. The van der Waals surface area contributed by atoms with Crippen LogP contribution in [0, 0.1) is 6.92 Å². The zero-order chi connectivity index (χ0) is 13.0. The van der Waals surface area contributed by atoms with Gasteiger partial charge in [-0.25, -0.2) is 4.79 Å². The summed E-state index contributed by atoms with van der Waals surface area (Å²) in [5.74, 6) is 0. The maximum Gasteiger partial charge on any atom is 0.319 e. The molecule has 1 saturated carbocycles. The zero-order valence-electron chi connectivity index (χ0n) is 10.6. The molecule has 2 rings (SSSR count). The van der Waals surface area contributed by atoms with Crippen LogP contribution in [0.1, 0.15) is 31.2 Å². The van der Waals surface area contributed by atoms with Crippen LogP contribution in [0.4, 0.5) is 10.5 Å². The average Bonchev–Trinajstić information content (AvgIpc) is 2.32. The molecule has 0 aliphatic heterocycles. The largest absolute Gasteiger partial charge is 0.393 e. The fraction of sp³-hybridized carbons (Fsp3) is 0.500. The summed E-state index contributed by atoms with van der Waals surface area (Å²) in [5, 5.41) is 15.3. The van der Waals surface area contributed by atoms with E-state index in [1.807, 2.05) is 31.2 Å². The number of para-hydroxylation sites is 1. The van der Waals surface area contributed by atoms with Crippen LogP contribution in [0.2, 0.25) is 0 Å². The van der Waals surface area contributed by atoms with Gasteiger partial charge in [0.15, 0.2) is 0 Å². The molecule has 0 unspecified atom stereocenters. The summed E-state index contributed by atoms with van der Waals surface area (Å²) in [6, 6.07) is 7.56. The number of hydrogen-bond donors (Lipinski definition) is 3. The van der Waals surface area contributed by atoms with Crippen LogP contribution in [-0.4, -0.2) is 23.3 Å². The number of aryl methyl sites for hydroxylation is 1. The van der Waals surface area contributed by atoms with Crippen molar-refractivity contribution in [2.75, 3.05) is 5.32 Å². The minimum absolute atomic E-state index is 0.0813. The van der Waals surface area contributed by atoms with E-state index in [0.29, 0.717) is 6.42 Å². The molecule has 2 atom stereocenters. The maximum absolute atomic E-state index is 11.8. The second kappa shape index (κ2) is 5.87. The molecule has 2 amide bonds. The maximum atomic E-state index is 11.8. The van der Waals surface area contributed by atoms with Crippen molar-refractivity contribution in [1.29, 1.82) is 0 Å². The van der Waals surface area contributed by atoms with E-state index in [2.05, 4.69) is 10.6 Å². The van der Waals surface area contributed by atoms with Gasteiger partial charge in [0.1, 0.15) is 0 Å². The van der Waals surface area contributed by atoms with Gasteiger partial charge in [-0.1, -0.05) is 18.2 Å². The predicted octanol–water partition coefficient (Wildman–Crippen LogP) is 2.42. The van der Waals surface area contributed by atoms with Crippen molar-refractivity contribution in [1.82, 2.24) is 5.32 Å². The number of urea groups is 1. The molecule has 0 aromatic heterocycles. The van der Waals surface area contributed by atoms with E-state index < -0.39 is 0 Å². The molecule has 1 aliphatic rings. The Bertz CT molecular complexity index is 420. The van der Waals surface area contributed by atoms with Gasteiger partial charge < -0.3 is 15.7 Å². The van der Waals surface area contributed by atoms with Gasteiger partial charge in [0.25, 0.3) is 0 Å². The Labute approximate surface area is 107 Å². The number of anilines is 1. The molecule has 0 spiro atoms. The van der Waals surface area contributed by atoms with E-state index in [9.17, 15) is 9.90 Å². The van der Waals surface area contributed by atoms with E-state index >= 15 is 0 Å². The van der Waals surface area contributed by atoms with Crippen LogP contribution in [0.15, 0.2) is 24.3 Å². The number of benzene rings is 1. The van der Waals surface area contributed by atoms with Crippen molar-refractivity contribution < 1.29 is 9.90 Å². The molecule has 98 valence electrons. The molecule has 18 heavy (non-hydrogen) atoms. The van der Waals surface area contributed by atoms with Crippen molar-refractivity contribution in [2.24, 2.45) is 0 Å². The Morgan fingerprint density at radius 3 is 2.83 bits per heavy atom. The first-order valence-corrected chi connectivity index (χ1v) is 6.46. The first-order chi connectivity index (χ1) is 8.65. The molecule has 0 bridgehead atoms. The normalized spacial score (nSPS) is 23.4. The predicted molar refractivity (Wildman–Crippen MR) is 71.6 cm³/mol. The van der Waals surface area contributed by atoms with Crippen molar-refractivity contribution in [3.8, 4) is 0 Å². The Morgan fingerprint density at radius 1 is 1.33 bits per heavy atom.